The number of carbonyl (C=O) groups is 1. The first-order valence-electron chi connectivity index (χ1n) is 8.39. The molecule has 0 spiro atoms. The van der Waals surface area contributed by atoms with Gasteiger partial charge in [-0.25, -0.2) is 0 Å². The van der Waals surface area contributed by atoms with Crippen molar-refractivity contribution in [2.75, 3.05) is 0 Å². The Bertz CT molecular complexity index is 743. The summed E-state index contributed by atoms with van der Waals surface area (Å²) >= 11 is 0. The van der Waals surface area contributed by atoms with E-state index in [2.05, 4.69) is 33.1 Å². The first-order valence-corrected chi connectivity index (χ1v) is 8.39. The van der Waals surface area contributed by atoms with Crippen molar-refractivity contribution in [2.24, 2.45) is 0 Å². The molecule has 0 saturated carbocycles. The standard InChI is InChI=1S/C18H21N5O/c1-2-16-21-22-17-9-8-15(12-23(16)17)20-18(24)10-7-13-3-5-14(11-19)6-4-13/h3-6,15H,2,7-10,12H2,1H3,(H,20,24)/t15-/m1/s1. The number of rotatable bonds is 5. The Hall–Kier alpha value is -2.68. The molecule has 0 bridgehead atoms. The summed E-state index contributed by atoms with van der Waals surface area (Å²) in [5.74, 6) is 2.08. The lowest BCUT2D eigenvalue weighted by molar-refractivity contribution is -0.122. The molecule has 1 aromatic heterocycles. The van der Waals surface area contributed by atoms with E-state index in [1.165, 1.54) is 0 Å². The predicted molar refractivity (Wildman–Crippen MR) is 89.1 cm³/mol. The van der Waals surface area contributed by atoms with Crippen LogP contribution in [0.25, 0.3) is 0 Å². The Kier molecular flexibility index (Phi) is 4.90. The topological polar surface area (TPSA) is 83.6 Å². The Morgan fingerprint density at radius 3 is 2.88 bits per heavy atom. The van der Waals surface area contributed by atoms with Gasteiger partial charge in [0.15, 0.2) is 0 Å². The molecule has 1 N–H and O–H groups in total. The number of amides is 1. The first-order chi connectivity index (χ1) is 11.7. The van der Waals surface area contributed by atoms with Crippen molar-refractivity contribution in [1.82, 2.24) is 20.1 Å². The van der Waals surface area contributed by atoms with Gasteiger partial charge in [0.25, 0.3) is 0 Å². The molecule has 0 unspecified atom stereocenters. The summed E-state index contributed by atoms with van der Waals surface area (Å²) in [5, 5.41) is 20.3. The number of nitriles is 1. The van der Waals surface area contributed by atoms with Crippen LogP contribution in [0, 0.1) is 11.3 Å². The molecule has 0 fully saturated rings. The molecule has 1 amide bonds. The molecule has 2 heterocycles. The van der Waals surface area contributed by atoms with Gasteiger partial charge in [0.2, 0.25) is 5.91 Å². The monoisotopic (exact) mass is 323 g/mol. The van der Waals surface area contributed by atoms with Crippen LogP contribution in [0.3, 0.4) is 0 Å². The molecule has 0 radical (unpaired) electrons. The molecule has 6 heteroatoms. The fourth-order valence-corrected chi connectivity index (χ4v) is 3.07. The van der Waals surface area contributed by atoms with Crippen LogP contribution in [0.2, 0.25) is 0 Å². The normalized spacial score (nSPS) is 16.2. The van der Waals surface area contributed by atoms with Gasteiger partial charge >= 0.3 is 0 Å². The second kappa shape index (κ2) is 7.26. The van der Waals surface area contributed by atoms with E-state index >= 15 is 0 Å². The van der Waals surface area contributed by atoms with Crippen LogP contribution in [-0.2, 0) is 30.6 Å². The minimum atomic E-state index is 0.0685. The molecule has 1 aromatic carbocycles. The highest BCUT2D eigenvalue weighted by atomic mass is 16.1. The molecule has 24 heavy (non-hydrogen) atoms. The highest BCUT2D eigenvalue weighted by molar-refractivity contribution is 5.76. The molecule has 0 aliphatic carbocycles. The van der Waals surface area contributed by atoms with Gasteiger partial charge in [-0.3, -0.25) is 4.79 Å². The Morgan fingerprint density at radius 1 is 1.38 bits per heavy atom. The summed E-state index contributed by atoms with van der Waals surface area (Å²) in [6.45, 7) is 2.82. The number of nitrogens with one attached hydrogen (secondary N) is 1. The molecule has 6 nitrogen and oxygen atoms in total. The summed E-state index contributed by atoms with van der Waals surface area (Å²) in [6.07, 6.45) is 3.75. The third-order valence-electron chi connectivity index (χ3n) is 4.43. The van der Waals surface area contributed by atoms with E-state index < -0.39 is 0 Å². The van der Waals surface area contributed by atoms with Crippen LogP contribution < -0.4 is 5.32 Å². The maximum absolute atomic E-state index is 12.2. The summed E-state index contributed by atoms with van der Waals surface area (Å²) in [6, 6.07) is 9.63. The smallest absolute Gasteiger partial charge is 0.220 e. The van der Waals surface area contributed by atoms with Crippen molar-refractivity contribution in [1.29, 1.82) is 5.26 Å². The second-order valence-corrected chi connectivity index (χ2v) is 6.11. The summed E-state index contributed by atoms with van der Waals surface area (Å²) in [7, 11) is 0. The fraction of sp³-hybridized carbons (Fsp3) is 0.444. The van der Waals surface area contributed by atoms with Crippen molar-refractivity contribution in [3.05, 3.63) is 47.0 Å². The largest absolute Gasteiger partial charge is 0.352 e. The summed E-state index contributed by atoms with van der Waals surface area (Å²) < 4.78 is 2.13. The Balaban J connectivity index is 1.51. The van der Waals surface area contributed by atoms with Crippen LogP contribution >= 0.6 is 0 Å². The molecule has 124 valence electrons. The third-order valence-corrected chi connectivity index (χ3v) is 4.43. The Labute approximate surface area is 141 Å². The number of hydrogen-bond donors (Lipinski definition) is 1. The number of aryl methyl sites for hydroxylation is 3. The van der Waals surface area contributed by atoms with Gasteiger partial charge < -0.3 is 9.88 Å². The lowest BCUT2D eigenvalue weighted by atomic mass is 10.1. The molecular formula is C18H21N5O. The van der Waals surface area contributed by atoms with Gasteiger partial charge in [0.1, 0.15) is 11.6 Å². The van der Waals surface area contributed by atoms with Crippen molar-refractivity contribution in [2.45, 2.75) is 51.6 Å². The van der Waals surface area contributed by atoms with E-state index in [1.54, 1.807) is 12.1 Å². The SMILES string of the molecule is CCc1nnc2n1C[C@H](NC(=O)CCc1ccc(C#N)cc1)CC2. The van der Waals surface area contributed by atoms with E-state index in [4.69, 9.17) is 5.26 Å². The first kappa shape index (κ1) is 16.2. The van der Waals surface area contributed by atoms with Crippen LogP contribution in [0.15, 0.2) is 24.3 Å². The molecule has 1 atom stereocenters. The minimum Gasteiger partial charge on any atom is -0.352 e. The Morgan fingerprint density at radius 2 is 2.17 bits per heavy atom. The molecular weight excluding hydrogens is 302 g/mol. The molecule has 0 saturated heterocycles. The molecule has 3 rings (SSSR count). The maximum atomic E-state index is 12.2. The summed E-state index contributed by atoms with van der Waals surface area (Å²) in [4.78, 5) is 12.2. The average Bonchev–Trinajstić information content (AvgIpc) is 3.02. The zero-order valence-corrected chi connectivity index (χ0v) is 13.8. The van der Waals surface area contributed by atoms with E-state index in [0.717, 1.165) is 43.0 Å². The zero-order valence-electron chi connectivity index (χ0n) is 13.8. The van der Waals surface area contributed by atoms with E-state index in [-0.39, 0.29) is 11.9 Å². The third kappa shape index (κ3) is 3.62. The van der Waals surface area contributed by atoms with Gasteiger partial charge in [-0.05, 0) is 30.5 Å². The fourth-order valence-electron chi connectivity index (χ4n) is 3.07. The van der Waals surface area contributed by atoms with Crippen LogP contribution in [0.5, 0.6) is 0 Å². The van der Waals surface area contributed by atoms with Gasteiger partial charge in [0.05, 0.1) is 11.6 Å². The van der Waals surface area contributed by atoms with Crippen LogP contribution in [0.1, 0.15) is 42.5 Å². The zero-order chi connectivity index (χ0) is 16.9. The summed E-state index contributed by atoms with van der Waals surface area (Å²) in [5.41, 5.74) is 1.71. The van der Waals surface area contributed by atoms with Gasteiger partial charge in [0, 0.05) is 31.8 Å². The van der Waals surface area contributed by atoms with Crippen molar-refractivity contribution in [3.63, 3.8) is 0 Å². The van der Waals surface area contributed by atoms with E-state index in [9.17, 15) is 4.79 Å². The lowest BCUT2D eigenvalue weighted by Crippen LogP contribution is -2.41. The van der Waals surface area contributed by atoms with Crippen LogP contribution in [0.4, 0.5) is 0 Å². The predicted octanol–water partition coefficient (Wildman–Crippen LogP) is 1.78. The number of nitrogens with zero attached hydrogens (tertiary/aromatic N) is 4. The second-order valence-electron chi connectivity index (χ2n) is 6.11. The lowest BCUT2D eigenvalue weighted by Gasteiger charge is -2.25. The van der Waals surface area contributed by atoms with Gasteiger partial charge in [-0.2, -0.15) is 5.26 Å². The molecule has 1 aliphatic rings. The van der Waals surface area contributed by atoms with E-state index in [1.807, 2.05) is 12.1 Å². The minimum absolute atomic E-state index is 0.0685. The van der Waals surface area contributed by atoms with Crippen molar-refractivity contribution >= 4 is 5.91 Å². The number of benzene rings is 1. The highest BCUT2D eigenvalue weighted by Crippen LogP contribution is 2.16. The average molecular weight is 323 g/mol. The number of fused-ring (bicyclic) bond motifs is 1. The van der Waals surface area contributed by atoms with Crippen LogP contribution in [-0.4, -0.2) is 26.7 Å². The van der Waals surface area contributed by atoms with Gasteiger partial charge in [-0.15, -0.1) is 10.2 Å². The maximum Gasteiger partial charge on any atom is 0.220 e. The van der Waals surface area contributed by atoms with Crippen molar-refractivity contribution < 1.29 is 4.79 Å². The quantitative estimate of drug-likeness (QED) is 0.909. The number of aromatic nitrogens is 3. The highest BCUT2D eigenvalue weighted by Gasteiger charge is 2.23. The number of hydrogen-bond acceptors (Lipinski definition) is 4. The molecule has 2 aromatic rings. The van der Waals surface area contributed by atoms with Gasteiger partial charge in [-0.1, -0.05) is 19.1 Å². The van der Waals surface area contributed by atoms with E-state index in [0.29, 0.717) is 18.4 Å². The molecule has 1 aliphatic heterocycles. The number of carbonyl (C=O) groups excluding carboxylic acids is 1. The van der Waals surface area contributed by atoms with Crippen molar-refractivity contribution in [3.8, 4) is 6.07 Å².